The van der Waals surface area contributed by atoms with E-state index in [9.17, 15) is 19.0 Å². The van der Waals surface area contributed by atoms with Crippen molar-refractivity contribution in [2.24, 2.45) is 5.73 Å². The maximum atomic E-state index is 12.7. The van der Waals surface area contributed by atoms with Crippen molar-refractivity contribution in [1.29, 1.82) is 0 Å². The van der Waals surface area contributed by atoms with Gasteiger partial charge < -0.3 is 20.1 Å². The van der Waals surface area contributed by atoms with Crippen molar-refractivity contribution < 1.29 is 37.6 Å². The minimum atomic E-state index is -4.40. The predicted molar refractivity (Wildman–Crippen MR) is 311 cm³/mol. The van der Waals surface area contributed by atoms with Gasteiger partial charge in [0.25, 0.3) is 0 Å². The van der Waals surface area contributed by atoms with E-state index in [1.54, 1.807) is 0 Å². The normalized spacial score (nSPS) is 14.1. The Morgan fingerprint density at radius 2 is 0.753 bits per heavy atom. The van der Waals surface area contributed by atoms with Crippen molar-refractivity contribution in [3.05, 3.63) is 134 Å². The first kappa shape index (κ1) is 69.2. The van der Waals surface area contributed by atoms with Gasteiger partial charge in [-0.05, 0) is 96.3 Å². The average Bonchev–Trinajstić information content (AvgIpc) is 3.38. The van der Waals surface area contributed by atoms with Crippen LogP contribution in [0.5, 0.6) is 0 Å². The number of rotatable bonds is 52. The van der Waals surface area contributed by atoms with Crippen LogP contribution in [-0.2, 0) is 32.7 Å². The summed E-state index contributed by atoms with van der Waals surface area (Å²) >= 11 is 0. The molecule has 0 bridgehead atoms. The standard InChI is InChI=1S/C63H104NO8P/c1-3-5-7-9-11-13-15-17-19-20-21-22-23-24-25-26-27-28-29-30-31-32-33-34-35-36-37-38-39-40-42-44-46-48-50-52-54-56-63(66)72-61(60-71-73(67,68)70-58-57-64)59-69-62(65)55-53-51-49-47-45-43-41-18-16-14-12-10-8-6-4-2/h5,7,11,13,17,19,21-22,24-25,27-28,30-31,33-34,36-37,39-40,44,46,61H,3-4,6,8-10,12,14-16,18,20,23,26,29,32,35,38,41-43,45,47-60,64H2,1-2H3,(H,67,68)/b7-5-,13-11-,19-17-,22-21-,25-24-,28-27-,31-30-,34-33-,37-36-,40-39-,46-44-. The predicted octanol–water partition coefficient (Wildman–Crippen LogP) is 18.2. The fourth-order valence-corrected chi connectivity index (χ4v) is 8.11. The maximum Gasteiger partial charge on any atom is 0.472 e. The molecule has 0 radical (unpaired) electrons. The molecule has 0 amide bonds. The highest BCUT2D eigenvalue weighted by atomic mass is 31.2. The number of unbranched alkanes of at least 4 members (excludes halogenated alkanes) is 17. The van der Waals surface area contributed by atoms with E-state index in [4.69, 9.17) is 24.3 Å². The van der Waals surface area contributed by atoms with Crippen molar-refractivity contribution in [3.8, 4) is 0 Å². The lowest BCUT2D eigenvalue weighted by atomic mass is 10.0. The number of phosphoric acid groups is 1. The summed E-state index contributed by atoms with van der Waals surface area (Å²) < 4.78 is 32.9. The zero-order valence-corrected chi connectivity index (χ0v) is 47.0. The number of hydrogen-bond acceptors (Lipinski definition) is 8. The lowest BCUT2D eigenvalue weighted by Gasteiger charge is -2.19. The molecule has 0 aliphatic carbocycles. The summed E-state index contributed by atoms with van der Waals surface area (Å²) in [6.07, 6.45) is 80.8. The van der Waals surface area contributed by atoms with Crippen LogP contribution in [0.2, 0.25) is 0 Å². The van der Waals surface area contributed by atoms with Gasteiger partial charge in [0.15, 0.2) is 6.10 Å². The van der Waals surface area contributed by atoms with Crippen molar-refractivity contribution in [2.75, 3.05) is 26.4 Å². The van der Waals surface area contributed by atoms with Gasteiger partial charge in [-0.3, -0.25) is 18.6 Å². The summed E-state index contributed by atoms with van der Waals surface area (Å²) in [6.45, 7) is 3.58. The highest BCUT2D eigenvalue weighted by molar-refractivity contribution is 7.47. The lowest BCUT2D eigenvalue weighted by molar-refractivity contribution is -0.161. The number of carbonyl (C=O) groups is 2. The Bertz CT molecular complexity index is 1650. The van der Waals surface area contributed by atoms with E-state index in [0.717, 1.165) is 109 Å². The Morgan fingerprint density at radius 3 is 1.12 bits per heavy atom. The number of nitrogens with two attached hydrogens (primary N) is 1. The number of phosphoric ester groups is 1. The largest absolute Gasteiger partial charge is 0.472 e. The molecule has 0 aliphatic rings. The van der Waals surface area contributed by atoms with Crippen LogP contribution in [-0.4, -0.2) is 49.3 Å². The van der Waals surface area contributed by atoms with Crippen LogP contribution in [0.1, 0.15) is 219 Å². The summed E-state index contributed by atoms with van der Waals surface area (Å²) in [7, 11) is -4.40. The average molecular weight is 1030 g/mol. The Balaban J connectivity index is 4.09. The molecule has 3 N–H and O–H groups in total. The van der Waals surface area contributed by atoms with Crippen molar-refractivity contribution in [3.63, 3.8) is 0 Å². The van der Waals surface area contributed by atoms with Crippen LogP contribution in [0, 0.1) is 0 Å². The summed E-state index contributed by atoms with van der Waals surface area (Å²) in [6, 6.07) is 0. The summed E-state index contributed by atoms with van der Waals surface area (Å²) in [4.78, 5) is 35.1. The molecule has 9 nitrogen and oxygen atoms in total. The molecule has 73 heavy (non-hydrogen) atoms. The SMILES string of the molecule is CC/C=C\C/C=C\C/C=C\C/C=C\C/C=C\C/C=C\C/C=C\C/C=C\C/C=C\C/C=C\C/C=C\CCCCCC(=O)OC(COC(=O)CCCCCCCCCCCCCCCCC)COP(=O)(O)OCCN. The van der Waals surface area contributed by atoms with Crippen molar-refractivity contribution in [1.82, 2.24) is 0 Å². The van der Waals surface area contributed by atoms with Gasteiger partial charge in [0.05, 0.1) is 13.2 Å². The van der Waals surface area contributed by atoms with Crippen LogP contribution < -0.4 is 5.73 Å². The third kappa shape index (κ3) is 57.3. The second-order valence-electron chi connectivity index (χ2n) is 18.4. The van der Waals surface area contributed by atoms with Gasteiger partial charge in [-0.1, -0.05) is 244 Å². The number of esters is 2. The molecule has 0 aromatic rings. The van der Waals surface area contributed by atoms with Gasteiger partial charge in [0.2, 0.25) is 0 Å². The van der Waals surface area contributed by atoms with E-state index in [2.05, 4.69) is 148 Å². The topological polar surface area (TPSA) is 134 Å². The van der Waals surface area contributed by atoms with Crippen LogP contribution >= 0.6 is 7.82 Å². The fraction of sp³-hybridized carbons (Fsp3) is 0.619. The summed E-state index contributed by atoms with van der Waals surface area (Å²) in [5, 5.41) is 0. The minimum Gasteiger partial charge on any atom is -0.462 e. The third-order valence-corrected chi connectivity index (χ3v) is 12.5. The number of hydrogen-bond donors (Lipinski definition) is 2. The highest BCUT2D eigenvalue weighted by Crippen LogP contribution is 2.43. The molecule has 414 valence electrons. The highest BCUT2D eigenvalue weighted by Gasteiger charge is 2.26. The maximum absolute atomic E-state index is 12.7. The van der Waals surface area contributed by atoms with Crippen LogP contribution in [0.15, 0.2) is 134 Å². The van der Waals surface area contributed by atoms with Gasteiger partial charge in [0, 0.05) is 19.4 Å². The van der Waals surface area contributed by atoms with Crippen molar-refractivity contribution >= 4 is 19.8 Å². The minimum absolute atomic E-state index is 0.0419. The third-order valence-electron chi connectivity index (χ3n) is 11.6. The van der Waals surface area contributed by atoms with Gasteiger partial charge in [-0.2, -0.15) is 0 Å². The van der Waals surface area contributed by atoms with E-state index in [-0.39, 0.29) is 32.6 Å². The van der Waals surface area contributed by atoms with Gasteiger partial charge >= 0.3 is 19.8 Å². The molecule has 0 heterocycles. The first-order chi connectivity index (χ1) is 35.8. The van der Waals surface area contributed by atoms with Crippen LogP contribution in [0.4, 0.5) is 0 Å². The van der Waals surface area contributed by atoms with E-state index in [1.807, 2.05) is 0 Å². The smallest absolute Gasteiger partial charge is 0.462 e. The van der Waals surface area contributed by atoms with Crippen LogP contribution in [0.25, 0.3) is 0 Å². The summed E-state index contributed by atoms with van der Waals surface area (Å²) in [5.41, 5.74) is 5.37. The van der Waals surface area contributed by atoms with E-state index in [1.165, 1.54) is 77.0 Å². The molecular formula is C63H104NO8P. The van der Waals surface area contributed by atoms with E-state index in [0.29, 0.717) is 6.42 Å². The molecule has 0 aliphatic heterocycles. The first-order valence-electron chi connectivity index (χ1n) is 28.7. The zero-order valence-electron chi connectivity index (χ0n) is 46.1. The number of carbonyl (C=O) groups excluding carboxylic acids is 2. The summed E-state index contributed by atoms with van der Waals surface area (Å²) in [5.74, 6) is -0.872. The van der Waals surface area contributed by atoms with Gasteiger partial charge in [-0.25, -0.2) is 4.57 Å². The molecule has 0 saturated carbocycles. The molecule has 2 unspecified atom stereocenters. The Morgan fingerprint density at radius 1 is 0.425 bits per heavy atom. The molecule has 10 heteroatoms. The number of allylic oxidation sites excluding steroid dienone is 22. The van der Waals surface area contributed by atoms with Crippen molar-refractivity contribution in [2.45, 2.75) is 225 Å². The second kappa shape index (κ2) is 57.4. The molecule has 0 spiro atoms. The molecule has 0 aromatic heterocycles. The number of ether oxygens (including phenoxy) is 2. The molecule has 0 saturated heterocycles. The van der Waals surface area contributed by atoms with Crippen LogP contribution in [0.3, 0.4) is 0 Å². The van der Waals surface area contributed by atoms with E-state index >= 15 is 0 Å². The fourth-order valence-electron chi connectivity index (χ4n) is 7.35. The first-order valence-corrected chi connectivity index (χ1v) is 30.2. The molecule has 0 aromatic carbocycles. The molecular weight excluding hydrogens is 930 g/mol. The molecule has 0 rings (SSSR count). The second-order valence-corrected chi connectivity index (χ2v) is 19.9. The van der Waals surface area contributed by atoms with Gasteiger partial charge in [-0.15, -0.1) is 0 Å². The lowest BCUT2D eigenvalue weighted by Crippen LogP contribution is -2.29. The quantitative estimate of drug-likeness (QED) is 0.0264. The Kier molecular flexibility index (Phi) is 54.4. The zero-order chi connectivity index (χ0) is 53.1. The Labute approximate surface area is 446 Å². The Hall–Kier alpha value is -3.85. The molecule has 2 atom stereocenters. The van der Waals surface area contributed by atoms with E-state index < -0.39 is 32.5 Å². The monoisotopic (exact) mass is 1030 g/mol. The molecule has 0 fully saturated rings. The van der Waals surface area contributed by atoms with Gasteiger partial charge in [0.1, 0.15) is 6.61 Å².